The van der Waals surface area contributed by atoms with Crippen molar-refractivity contribution in [3.63, 3.8) is 0 Å². The molecule has 0 aromatic heterocycles. The van der Waals surface area contributed by atoms with Gasteiger partial charge in [0.05, 0.1) is 0 Å². The average Bonchev–Trinajstić information content (AvgIpc) is 2.67. The van der Waals surface area contributed by atoms with E-state index in [9.17, 15) is 14.4 Å². The summed E-state index contributed by atoms with van der Waals surface area (Å²) in [5.41, 5.74) is 7.08. The second kappa shape index (κ2) is 9.96. The van der Waals surface area contributed by atoms with E-state index < -0.39 is 30.0 Å². The molecule has 0 spiro atoms. The monoisotopic (exact) mass is 369 g/mol. The molecule has 0 saturated carbocycles. The summed E-state index contributed by atoms with van der Waals surface area (Å²) in [5, 5.41) is 4.99. The van der Waals surface area contributed by atoms with E-state index in [0.29, 0.717) is 0 Å². The van der Waals surface area contributed by atoms with Crippen molar-refractivity contribution in [1.29, 1.82) is 0 Å². The van der Waals surface area contributed by atoms with Crippen LogP contribution in [0, 0.1) is 0 Å². The average molecular weight is 369 g/mol. The van der Waals surface area contributed by atoms with Gasteiger partial charge in [-0.1, -0.05) is 60.7 Å². The molecule has 2 aromatic rings. The molecule has 0 radical (unpaired) electrons. The summed E-state index contributed by atoms with van der Waals surface area (Å²) in [6.07, 6.45) is -0.451. The Labute approximate surface area is 157 Å². The van der Waals surface area contributed by atoms with Crippen LogP contribution in [-0.2, 0) is 27.4 Å². The van der Waals surface area contributed by atoms with Gasteiger partial charge in [-0.05, 0) is 18.1 Å². The van der Waals surface area contributed by atoms with Crippen molar-refractivity contribution in [3.8, 4) is 0 Å². The number of carbonyl (C=O) groups is 3. The van der Waals surface area contributed by atoms with E-state index in [1.807, 2.05) is 60.7 Å². The molecule has 0 saturated heterocycles. The Bertz CT molecular complexity index is 765. The molecule has 7 heteroatoms. The number of ether oxygens (including phenoxy) is 1. The molecular weight excluding hydrogens is 346 g/mol. The van der Waals surface area contributed by atoms with Crippen LogP contribution in [-0.4, -0.2) is 30.0 Å². The standard InChI is InChI=1S/C20H23N3O4/c1-14(22-20(26)27-13-16-10-6-3-7-11-16)19(25)23-17(18(21)24)12-15-8-4-2-5-9-15/h2-11,14,17H,12-13H2,1H3,(H2,21,24)(H,22,26)(H,23,25)/t14-,17?/m0/s1. The van der Waals surface area contributed by atoms with E-state index in [-0.39, 0.29) is 13.0 Å². The van der Waals surface area contributed by atoms with Crippen molar-refractivity contribution < 1.29 is 19.1 Å². The van der Waals surface area contributed by atoms with Crippen molar-refractivity contribution in [2.75, 3.05) is 0 Å². The fourth-order valence-electron chi connectivity index (χ4n) is 2.38. The minimum atomic E-state index is -0.883. The molecule has 0 bridgehead atoms. The van der Waals surface area contributed by atoms with Gasteiger partial charge in [-0.2, -0.15) is 0 Å². The molecule has 0 heterocycles. The van der Waals surface area contributed by atoms with Crippen LogP contribution in [0.4, 0.5) is 4.79 Å². The number of carbonyl (C=O) groups excluding carboxylic acids is 3. The first-order valence-corrected chi connectivity index (χ1v) is 8.56. The van der Waals surface area contributed by atoms with E-state index in [1.54, 1.807) is 0 Å². The van der Waals surface area contributed by atoms with Gasteiger partial charge in [-0.15, -0.1) is 0 Å². The lowest BCUT2D eigenvalue weighted by Crippen LogP contribution is -2.52. The highest BCUT2D eigenvalue weighted by atomic mass is 16.5. The molecule has 4 N–H and O–H groups in total. The topological polar surface area (TPSA) is 111 Å². The molecule has 7 nitrogen and oxygen atoms in total. The van der Waals surface area contributed by atoms with Crippen LogP contribution in [0.2, 0.25) is 0 Å². The van der Waals surface area contributed by atoms with Crippen LogP contribution < -0.4 is 16.4 Å². The van der Waals surface area contributed by atoms with Crippen LogP contribution in [0.3, 0.4) is 0 Å². The minimum absolute atomic E-state index is 0.0962. The zero-order valence-electron chi connectivity index (χ0n) is 15.1. The zero-order chi connectivity index (χ0) is 19.6. The van der Waals surface area contributed by atoms with Gasteiger partial charge >= 0.3 is 6.09 Å². The van der Waals surface area contributed by atoms with Crippen LogP contribution >= 0.6 is 0 Å². The molecule has 0 aliphatic rings. The highest BCUT2D eigenvalue weighted by Crippen LogP contribution is 2.04. The van der Waals surface area contributed by atoms with Gasteiger partial charge in [0.2, 0.25) is 11.8 Å². The number of hydrogen-bond donors (Lipinski definition) is 3. The first-order valence-electron chi connectivity index (χ1n) is 8.56. The van der Waals surface area contributed by atoms with Crippen molar-refractivity contribution >= 4 is 17.9 Å². The van der Waals surface area contributed by atoms with E-state index in [4.69, 9.17) is 10.5 Å². The molecule has 0 fully saturated rings. The van der Waals surface area contributed by atoms with Gasteiger partial charge in [0.25, 0.3) is 0 Å². The number of amides is 3. The first kappa shape index (κ1) is 20.0. The third kappa shape index (κ3) is 6.81. The summed E-state index contributed by atoms with van der Waals surface area (Å²) in [6, 6.07) is 16.6. The smallest absolute Gasteiger partial charge is 0.408 e. The molecule has 2 rings (SSSR count). The minimum Gasteiger partial charge on any atom is -0.445 e. The molecule has 0 aliphatic carbocycles. The highest BCUT2D eigenvalue weighted by Gasteiger charge is 2.23. The third-order valence-corrected chi connectivity index (χ3v) is 3.88. The fourth-order valence-corrected chi connectivity index (χ4v) is 2.38. The van der Waals surface area contributed by atoms with E-state index >= 15 is 0 Å². The lowest BCUT2D eigenvalue weighted by Gasteiger charge is -2.19. The number of nitrogens with two attached hydrogens (primary N) is 1. The van der Waals surface area contributed by atoms with Gasteiger partial charge in [0.15, 0.2) is 0 Å². The van der Waals surface area contributed by atoms with Crippen molar-refractivity contribution in [2.24, 2.45) is 5.73 Å². The number of hydrogen-bond acceptors (Lipinski definition) is 4. The molecular formula is C20H23N3O4. The van der Waals surface area contributed by atoms with Crippen LogP contribution in [0.25, 0.3) is 0 Å². The van der Waals surface area contributed by atoms with Crippen LogP contribution in [0.15, 0.2) is 60.7 Å². The molecule has 27 heavy (non-hydrogen) atoms. The third-order valence-electron chi connectivity index (χ3n) is 3.88. The summed E-state index contributed by atoms with van der Waals surface area (Å²) in [6.45, 7) is 1.60. The molecule has 142 valence electrons. The predicted octanol–water partition coefficient (Wildman–Crippen LogP) is 1.51. The Hall–Kier alpha value is -3.35. The Morgan fingerprint density at radius 1 is 0.926 bits per heavy atom. The van der Waals surface area contributed by atoms with Gasteiger partial charge in [-0.25, -0.2) is 4.79 Å². The Kier molecular flexibility index (Phi) is 7.37. The maximum absolute atomic E-state index is 12.3. The molecule has 2 aromatic carbocycles. The maximum atomic E-state index is 12.3. The number of rotatable bonds is 8. The number of nitrogens with one attached hydrogen (secondary N) is 2. The Balaban J connectivity index is 1.83. The lowest BCUT2D eigenvalue weighted by atomic mass is 10.1. The molecule has 0 aliphatic heterocycles. The highest BCUT2D eigenvalue weighted by molar-refractivity contribution is 5.90. The SMILES string of the molecule is C[C@H](NC(=O)OCc1ccccc1)C(=O)NC(Cc1ccccc1)C(N)=O. The van der Waals surface area contributed by atoms with Gasteiger partial charge < -0.3 is 21.1 Å². The Morgan fingerprint density at radius 2 is 1.48 bits per heavy atom. The Morgan fingerprint density at radius 3 is 2.04 bits per heavy atom. The first-order chi connectivity index (χ1) is 13.0. The summed E-state index contributed by atoms with van der Waals surface area (Å²) >= 11 is 0. The van der Waals surface area contributed by atoms with E-state index in [0.717, 1.165) is 11.1 Å². The summed E-state index contributed by atoms with van der Waals surface area (Å²) < 4.78 is 5.08. The number of alkyl carbamates (subject to hydrolysis) is 1. The second-order valence-electron chi connectivity index (χ2n) is 6.08. The van der Waals surface area contributed by atoms with Crippen molar-refractivity contribution in [1.82, 2.24) is 10.6 Å². The van der Waals surface area contributed by atoms with E-state index in [2.05, 4.69) is 10.6 Å². The largest absolute Gasteiger partial charge is 0.445 e. The van der Waals surface area contributed by atoms with Crippen LogP contribution in [0.1, 0.15) is 18.1 Å². The maximum Gasteiger partial charge on any atom is 0.408 e. The quantitative estimate of drug-likeness (QED) is 0.655. The molecule has 1 unspecified atom stereocenters. The van der Waals surface area contributed by atoms with E-state index in [1.165, 1.54) is 6.92 Å². The number of primary amides is 1. The van der Waals surface area contributed by atoms with Gasteiger partial charge in [-0.3, -0.25) is 9.59 Å². The van der Waals surface area contributed by atoms with Gasteiger partial charge in [0.1, 0.15) is 18.7 Å². The summed E-state index contributed by atoms with van der Waals surface area (Å²) in [4.78, 5) is 35.7. The molecule has 2 atom stereocenters. The second-order valence-corrected chi connectivity index (χ2v) is 6.08. The fraction of sp³-hybridized carbons (Fsp3) is 0.250. The predicted molar refractivity (Wildman–Crippen MR) is 100 cm³/mol. The summed E-state index contributed by atoms with van der Waals surface area (Å²) in [7, 11) is 0. The normalized spacial score (nSPS) is 12.5. The zero-order valence-corrected chi connectivity index (χ0v) is 15.1. The van der Waals surface area contributed by atoms with Gasteiger partial charge in [0, 0.05) is 6.42 Å². The molecule has 3 amide bonds. The van der Waals surface area contributed by atoms with Crippen LogP contribution in [0.5, 0.6) is 0 Å². The lowest BCUT2D eigenvalue weighted by molar-refractivity contribution is -0.128. The summed E-state index contributed by atoms with van der Waals surface area (Å²) in [5.74, 6) is -1.17. The van der Waals surface area contributed by atoms with Crippen molar-refractivity contribution in [3.05, 3.63) is 71.8 Å². The number of benzene rings is 2. The van der Waals surface area contributed by atoms with Crippen molar-refractivity contribution in [2.45, 2.75) is 32.0 Å².